The number of amides is 1. The summed E-state index contributed by atoms with van der Waals surface area (Å²) in [4.78, 5) is 24.6. The Kier molecular flexibility index (Phi) is 57.5. The average Bonchev–Trinajstić information content (AvgIpc) is 3.35. The van der Waals surface area contributed by atoms with Crippen LogP contribution in [0.1, 0.15) is 341 Å². The zero-order valence-electron chi connectivity index (χ0n) is 46.6. The zero-order valence-corrected chi connectivity index (χ0v) is 46.6. The van der Waals surface area contributed by atoms with Crippen molar-refractivity contribution in [3.8, 4) is 0 Å². The molecule has 2 atom stereocenters. The average molecular weight is 973 g/mol. The van der Waals surface area contributed by atoms with Crippen molar-refractivity contribution in [2.24, 2.45) is 0 Å². The first-order chi connectivity index (χ1) is 34.0. The van der Waals surface area contributed by atoms with E-state index in [9.17, 15) is 19.8 Å². The first-order valence-corrected chi connectivity index (χ1v) is 31.1. The molecule has 0 heterocycles. The normalized spacial score (nSPS) is 12.7. The second kappa shape index (κ2) is 58.9. The van der Waals surface area contributed by atoms with Gasteiger partial charge in [-0.1, -0.05) is 295 Å². The highest BCUT2D eigenvalue weighted by molar-refractivity contribution is 5.76. The van der Waals surface area contributed by atoms with Crippen LogP contribution >= 0.6 is 0 Å². The van der Waals surface area contributed by atoms with E-state index in [1.54, 1.807) is 0 Å². The van der Waals surface area contributed by atoms with Crippen LogP contribution in [0.2, 0.25) is 0 Å². The summed E-state index contributed by atoms with van der Waals surface area (Å²) in [6.45, 7) is 4.95. The maximum atomic E-state index is 12.5. The summed E-state index contributed by atoms with van der Waals surface area (Å²) in [7, 11) is 0. The fourth-order valence-corrected chi connectivity index (χ4v) is 9.73. The lowest BCUT2D eigenvalue weighted by molar-refractivity contribution is -0.143. The van der Waals surface area contributed by atoms with Crippen molar-refractivity contribution >= 4 is 11.9 Å². The summed E-state index contributed by atoms with van der Waals surface area (Å²) in [6, 6.07) is -0.541. The lowest BCUT2D eigenvalue weighted by atomic mass is 10.0. The molecule has 0 aliphatic heterocycles. The molecule has 3 N–H and O–H groups in total. The van der Waals surface area contributed by atoms with Crippen LogP contribution in [0.4, 0.5) is 0 Å². The van der Waals surface area contributed by atoms with Crippen molar-refractivity contribution in [1.82, 2.24) is 5.32 Å². The van der Waals surface area contributed by atoms with E-state index in [4.69, 9.17) is 4.74 Å². The highest BCUT2D eigenvalue weighted by atomic mass is 16.5. The molecular formula is C63H121NO5. The molecule has 0 aromatic carbocycles. The molecule has 0 aliphatic carbocycles. The molecule has 408 valence electrons. The van der Waals surface area contributed by atoms with Crippen LogP contribution in [0.5, 0.6) is 0 Å². The molecule has 0 bridgehead atoms. The van der Waals surface area contributed by atoms with Gasteiger partial charge in [-0.25, -0.2) is 0 Å². The fraction of sp³-hybridized carbons (Fsp3) is 0.905. The smallest absolute Gasteiger partial charge is 0.305 e. The van der Waals surface area contributed by atoms with Crippen molar-refractivity contribution in [2.75, 3.05) is 13.2 Å². The number of ether oxygens (including phenoxy) is 1. The number of allylic oxidation sites excluding steroid dienone is 4. The van der Waals surface area contributed by atoms with Crippen LogP contribution in [-0.2, 0) is 14.3 Å². The molecule has 0 saturated carbocycles. The standard InChI is InChI=1S/C63H121NO5/c1-3-5-7-9-11-13-15-17-18-19-26-29-33-37-41-45-49-53-57-63(68)69-58-54-50-46-42-38-34-30-27-24-22-20-21-23-25-28-32-36-40-44-48-52-56-62(67)64-60(59-65)61(66)55-51-47-43-39-35-31-16-14-12-10-8-6-4-2/h13,15,18-19,60-61,65-66H,3-12,14,16-17,20-59H2,1-2H3,(H,64,67)/b15-13-,19-18-. The summed E-state index contributed by atoms with van der Waals surface area (Å²) >= 11 is 0. The number of unbranched alkanes of at least 4 members (excludes halogenated alkanes) is 43. The third-order valence-electron chi connectivity index (χ3n) is 14.5. The number of carbonyl (C=O) groups is 2. The van der Waals surface area contributed by atoms with Crippen LogP contribution in [0.3, 0.4) is 0 Å². The number of esters is 1. The maximum Gasteiger partial charge on any atom is 0.305 e. The molecule has 0 radical (unpaired) electrons. The minimum absolute atomic E-state index is 0.00509. The summed E-state index contributed by atoms with van der Waals surface area (Å²) in [5, 5.41) is 23.3. The van der Waals surface area contributed by atoms with E-state index in [2.05, 4.69) is 43.5 Å². The number of carbonyl (C=O) groups excluding carboxylic acids is 2. The van der Waals surface area contributed by atoms with Gasteiger partial charge in [-0.05, 0) is 57.8 Å². The molecule has 69 heavy (non-hydrogen) atoms. The number of nitrogens with one attached hydrogen (secondary N) is 1. The SMILES string of the molecule is CCCCCC/C=C\C/C=C\CCCCCCCCCC(=O)OCCCCCCCCCCCCCCCCCCCCCCCC(=O)NC(CO)C(O)CCCCCCCCCCCCCCC. The predicted molar refractivity (Wildman–Crippen MR) is 301 cm³/mol. The summed E-state index contributed by atoms with van der Waals surface area (Å²) in [6.07, 6.45) is 71.8. The third-order valence-corrected chi connectivity index (χ3v) is 14.5. The number of hydrogen-bond donors (Lipinski definition) is 3. The monoisotopic (exact) mass is 972 g/mol. The molecule has 0 rings (SSSR count). The van der Waals surface area contributed by atoms with Crippen molar-refractivity contribution in [2.45, 2.75) is 353 Å². The molecule has 1 amide bonds. The largest absolute Gasteiger partial charge is 0.466 e. The van der Waals surface area contributed by atoms with E-state index in [0.29, 0.717) is 25.9 Å². The van der Waals surface area contributed by atoms with Crippen molar-refractivity contribution < 1.29 is 24.5 Å². The lowest BCUT2D eigenvalue weighted by Crippen LogP contribution is -2.45. The molecule has 6 nitrogen and oxygen atoms in total. The lowest BCUT2D eigenvalue weighted by Gasteiger charge is -2.22. The van der Waals surface area contributed by atoms with Crippen molar-refractivity contribution in [3.63, 3.8) is 0 Å². The van der Waals surface area contributed by atoms with E-state index in [1.165, 1.54) is 257 Å². The minimum atomic E-state index is -0.664. The Labute approximate surface area is 431 Å². The number of aliphatic hydroxyl groups is 2. The molecule has 0 aromatic rings. The second-order valence-electron chi connectivity index (χ2n) is 21.4. The molecule has 0 aliphatic rings. The van der Waals surface area contributed by atoms with Crippen molar-refractivity contribution in [1.29, 1.82) is 0 Å². The van der Waals surface area contributed by atoms with Gasteiger partial charge in [0, 0.05) is 12.8 Å². The van der Waals surface area contributed by atoms with Crippen LogP contribution in [0.15, 0.2) is 24.3 Å². The van der Waals surface area contributed by atoms with Gasteiger partial charge in [0.25, 0.3) is 0 Å². The van der Waals surface area contributed by atoms with E-state index < -0.39 is 12.1 Å². The van der Waals surface area contributed by atoms with Crippen molar-refractivity contribution in [3.05, 3.63) is 24.3 Å². The first-order valence-electron chi connectivity index (χ1n) is 31.1. The van der Waals surface area contributed by atoms with Gasteiger partial charge in [-0.3, -0.25) is 9.59 Å². The molecule has 2 unspecified atom stereocenters. The Morgan fingerprint density at radius 1 is 0.406 bits per heavy atom. The molecule has 0 aromatic heterocycles. The number of rotatable bonds is 58. The van der Waals surface area contributed by atoms with Crippen LogP contribution in [0, 0.1) is 0 Å². The summed E-state index contributed by atoms with van der Waals surface area (Å²) in [5.41, 5.74) is 0. The Bertz CT molecular complexity index is 1080. The van der Waals surface area contributed by atoms with Gasteiger partial charge in [0.15, 0.2) is 0 Å². The van der Waals surface area contributed by atoms with Gasteiger partial charge in [0.05, 0.1) is 25.4 Å². The van der Waals surface area contributed by atoms with Gasteiger partial charge in [0.1, 0.15) is 0 Å². The van der Waals surface area contributed by atoms with Crippen LogP contribution < -0.4 is 5.32 Å². The fourth-order valence-electron chi connectivity index (χ4n) is 9.73. The van der Waals surface area contributed by atoms with E-state index in [-0.39, 0.29) is 18.5 Å². The van der Waals surface area contributed by atoms with Gasteiger partial charge in [-0.15, -0.1) is 0 Å². The topological polar surface area (TPSA) is 95.9 Å². The second-order valence-corrected chi connectivity index (χ2v) is 21.4. The predicted octanol–water partition coefficient (Wildman–Crippen LogP) is 19.4. The molecule has 0 saturated heterocycles. The highest BCUT2D eigenvalue weighted by Crippen LogP contribution is 2.18. The Morgan fingerprint density at radius 2 is 0.725 bits per heavy atom. The zero-order chi connectivity index (χ0) is 50.0. The highest BCUT2D eigenvalue weighted by Gasteiger charge is 2.20. The third kappa shape index (κ3) is 55.5. The van der Waals surface area contributed by atoms with Gasteiger partial charge in [0.2, 0.25) is 5.91 Å². The molecule has 0 fully saturated rings. The van der Waals surface area contributed by atoms with E-state index in [0.717, 1.165) is 51.4 Å². The quantitative estimate of drug-likeness (QED) is 0.0321. The Morgan fingerprint density at radius 3 is 1.12 bits per heavy atom. The first kappa shape index (κ1) is 67.3. The van der Waals surface area contributed by atoms with Crippen LogP contribution in [-0.4, -0.2) is 47.4 Å². The maximum absolute atomic E-state index is 12.5. The summed E-state index contributed by atoms with van der Waals surface area (Å²) < 4.78 is 5.49. The minimum Gasteiger partial charge on any atom is -0.466 e. The Hall–Kier alpha value is -1.66. The summed E-state index contributed by atoms with van der Waals surface area (Å²) in [5.74, 6) is -0.0298. The molecule has 6 heteroatoms. The van der Waals surface area contributed by atoms with Gasteiger partial charge >= 0.3 is 5.97 Å². The molecule has 0 spiro atoms. The van der Waals surface area contributed by atoms with E-state index in [1.807, 2.05) is 0 Å². The van der Waals surface area contributed by atoms with Gasteiger partial charge in [-0.2, -0.15) is 0 Å². The number of hydrogen-bond acceptors (Lipinski definition) is 5. The van der Waals surface area contributed by atoms with E-state index >= 15 is 0 Å². The Balaban J connectivity index is 3.37. The molecular weight excluding hydrogens is 851 g/mol. The number of aliphatic hydroxyl groups excluding tert-OH is 2. The van der Waals surface area contributed by atoms with Gasteiger partial charge < -0.3 is 20.3 Å². The van der Waals surface area contributed by atoms with Crippen LogP contribution in [0.25, 0.3) is 0 Å².